The van der Waals surface area contributed by atoms with Gasteiger partial charge in [0, 0.05) is 12.0 Å². The van der Waals surface area contributed by atoms with E-state index in [9.17, 15) is 4.79 Å². The van der Waals surface area contributed by atoms with Crippen LogP contribution in [0.2, 0.25) is 0 Å². The maximum atomic E-state index is 11.5. The molecule has 2 aliphatic carbocycles. The largest absolute Gasteiger partial charge is 0.353 e. The fourth-order valence-electron chi connectivity index (χ4n) is 2.36. The van der Waals surface area contributed by atoms with Gasteiger partial charge in [-0.1, -0.05) is 19.8 Å². The molecular weight excluding hydrogens is 162 g/mol. The van der Waals surface area contributed by atoms with Crippen LogP contribution in [0.25, 0.3) is 0 Å². The second-order valence-corrected chi connectivity index (χ2v) is 4.49. The Hall–Kier alpha value is -0.530. The lowest BCUT2D eigenvalue weighted by Crippen LogP contribution is -2.38. The molecule has 74 valence electrons. The van der Waals surface area contributed by atoms with Crippen LogP contribution < -0.4 is 5.32 Å². The normalized spacial score (nSPS) is 33.3. The first-order valence-electron chi connectivity index (χ1n) is 5.61. The molecular formula is C11H19NO. The summed E-state index contributed by atoms with van der Waals surface area (Å²) in [4.78, 5) is 11.5. The molecule has 2 atom stereocenters. The Labute approximate surface area is 80.1 Å². The number of nitrogens with one attached hydrogen (secondary N) is 1. The van der Waals surface area contributed by atoms with Crippen molar-refractivity contribution >= 4 is 5.91 Å². The second-order valence-electron chi connectivity index (χ2n) is 4.49. The van der Waals surface area contributed by atoms with Gasteiger partial charge in [0.15, 0.2) is 0 Å². The third-order valence-corrected chi connectivity index (χ3v) is 3.46. The summed E-state index contributed by atoms with van der Waals surface area (Å²) in [6, 6.07) is 0.498. The van der Waals surface area contributed by atoms with Gasteiger partial charge in [-0.2, -0.15) is 0 Å². The highest BCUT2D eigenvalue weighted by molar-refractivity contribution is 5.81. The Bertz CT molecular complexity index is 198. The predicted molar refractivity (Wildman–Crippen MR) is 52.3 cm³/mol. The zero-order chi connectivity index (χ0) is 9.26. The first kappa shape index (κ1) is 9.04. The van der Waals surface area contributed by atoms with Crippen molar-refractivity contribution in [1.29, 1.82) is 0 Å². The van der Waals surface area contributed by atoms with Crippen molar-refractivity contribution in [2.75, 3.05) is 0 Å². The quantitative estimate of drug-likeness (QED) is 0.709. The van der Waals surface area contributed by atoms with Gasteiger partial charge in [-0.05, 0) is 31.6 Å². The van der Waals surface area contributed by atoms with E-state index in [4.69, 9.17) is 0 Å². The standard InChI is InChI=1S/C11H19NO/c1-2-8-4-3-5-10(8)12-11(13)9-6-7-9/h8-10H,2-7H2,1H3,(H,12,13). The summed E-state index contributed by atoms with van der Waals surface area (Å²) < 4.78 is 0. The summed E-state index contributed by atoms with van der Waals surface area (Å²) in [5.41, 5.74) is 0. The van der Waals surface area contributed by atoms with Crippen molar-refractivity contribution in [3.8, 4) is 0 Å². The third-order valence-electron chi connectivity index (χ3n) is 3.46. The number of hydrogen-bond donors (Lipinski definition) is 1. The van der Waals surface area contributed by atoms with E-state index in [1.807, 2.05) is 0 Å². The average molecular weight is 181 g/mol. The van der Waals surface area contributed by atoms with Crippen LogP contribution in [0.1, 0.15) is 45.4 Å². The summed E-state index contributed by atoms with van der Waals surface area (Å²) in [6.07, 6.45) is 7.28. The van der Waals surface area contributed by atoms with Crippen LogP contribution in [0.3, 0.4) is 0 Å². The first-order chi connectivity index (χ1) is 6.31. The highest BCUT2D eigenvalue weighted by atomic mass is 16.2. The molecule has 2 aliphatic rings. The number of carbonyl (C=O) groups is 1. The molecule has 0 aromatic carbocycles. The van der Waals surface area contributed by atoms with E-state index in [2.05, 4.69) is 12.2 Å². The van der Waals surface area contributed by atoms with Crippen LogP contribution in [-0.4, -0.2) is 11.9 Å². The smallest absolute Gasteiger partial charge is 0.223 e. The monoisotopic (exact) mass is 181 g/mol. The first-order valence-corrected chi connectivity index (χ1v) is 5.61. The molecule has 0 aromatic heterocycles. The lowest BCUT2D eigenvalue weighted by atomic mass is 10.0. The molecule has 2 fully saturated rings. The zero-order valence-corrected chi connectivity index (χ0v) is 8.38. The van der Waals surface area contributed by atoms with E-state index in [1.54, 1.807) is 0 Å². The minimum atomic E-state index is 0.324. The number of carbonyl (C=O) groups excluding carboxylic acids is 1. The Kier molecular flexibility index (Phi) is 2.56. The number of amides is 1. The fraction of sp³-hybridized carbons (Fsp3) is 0.909. The minimum absolute atomic E-state index is 0.324. The maximum absolute atomic E-state index is 11.5. The van der Waals surface area contributed by atoms with Crippen molar-refractivity contribution in [2.24, 2.45) is 11.8 Å². The highest BCUT2D eigenvalue weighted by Crippen LogP contribution is 2.32. The molecule has 1 N–H and O–H groups in total. The van der Waals surface area contributed by atoms with Gasteiger partial charge < -0.3 is 5.32 Å². The fourth-order valence-corrected chi connectivity index (χ4v) is 2.36. The maximum Gasteiger partial charge on any atom is 0.223 e. The topological polar surface area (TPSA) is 29.1 Å². The van der Waals surface area contributed by atoms with Gasteiger partial charge in [0.05, 0.1) is 0 Å². The molecule has 0 spiro atoms. The van der Waals surface area contributed by atoms with Crippen LogP contribution in [0.15, 0.2) is 0 Å². The van der Waals surface area contributed by atoms with E-state index in [-0.39, 0.29) is 0 Å². The van der Waals surface area contributed by atoms with Crippen molar-refractivity contribution in [3.05, 3.63) is 0 Å². The van der Waals surface area contributed by atoms with Gasteiger partial charge in [0.25, 0.3) is 0 Å². The van der Waals surface area contributed by atoms with Crippen LogP contribution in [-0.2, 0) is 4.79 Å². The van der Waals surface area contributed by atoms with E-state index < -0.39 is 0 Å². The molecule has 1 amide bonds. The summed E-state index contributed by atoms with van der Waals surface area (Å²) in [5.74, 6) is 1.45. The number of hydrogen-bond acceptors (Lipinski definition) is 1. The highest BCUT2D eigenvalue weighted by Gasteiger charge is 2.33. The SMILES string of the molecule is CCC1CCCC1NC(=O)C1CC1. The molecule has 0 heterocycles. The molecule has 0 saturated heterocycles. The predicted octanol–water partition coefficient (Wildman–Crippen LogP) is 2.09. The Morgan fingerprint density at radius 3 is 2.69 bits per heavy atom. The average Bonchev–Trinajstić information content (AvgIpc) is 2.88. The number of rotatable bonds is 3. The molecule has 0 bridgehead atoms. The third kappa shape index (κ3) is 2.04. The Morgan fingerprint density at radius 2 is 2.08 bits per heavy atom. The van der Waals surface area contributed by atoms with E-state index in [1.165, 1.54) is 25.7 Å². The van der Waals surface area contributed by atoms with Gasteiger partial charge in [-0.15, -0.1) is 0 Å². The van der Waals surface area contributed by atoms with E-state index >= 15 is 0 Å². The van der Waals surface area contributed by atoms with Crippen LogP contribution in [0.5, 0.6) is 0 Å². The van der Waals surface area contributed by atoms with E-state index in [0.717, 1.165) is 18.8 Å². The Balaban J connectivity index is 1.82. The molecule has 13 heavy (non-hydrogen) atoms. The van der Waals surface area contributed by atoms with Crippen LogP contribution >= 0.6 is 0 Å². The summed E-state index contributed by atoms with van der Waals surface area (Å²) in [7, 11) is 0. The van der Waals surface area contributed by atoms with Gasteiger partial charge in [0.1, 0.15) is 0 Å². The molecule has 0 aromatic rings. The molecule has 2 saturated carbocycles. The van der Waals surface area contributed by atoms with Gasteiger partial charge in [-0.3, -0.25) is 4.79 Å². The molecule has 0 radical (unpaired) electrons. The summed E-state index contributed by atoms with van der Waals surface area (Å²) in [6.45, 7) is 2.23. The van der Waals surface area contributed by atoms with E-state index in [0.29, 0.717) is 17.9 Å². The molecule has 2 nitrogen and oxygen atoms in total. The molecule has 2 unspecified atom stereocenters. The van der Waals surface area contributed by atoms with Crippen molar-refractivity contribution in [1.82, 2.24) is 5.32 Å². The van der Waals surface area contributed by atoms with Gasteiger partial charge in [-0.25, -0.2) is 0 Å². The van der Waals surface area contributed by atoms with Crippen molar-refractivity contribution < 1.29 is 4.79 Å². The molecule has 0 aliphatic heterocycles. The summed E-state index contributed by atoms with van der Waals surface area (Å²) in [5, 5.41) is 3.20. The zero-order valence-electron chi connectivity index (χ0n) is 8.38. The van der Waals surface area contributed by atoms with Crippen molar-refractivity contribution in [2.45, 2.75) is 51.5 Å². The lowest BCUT2D eigenvalue weighted by molar-refractivity contribution is -0.123. The minimum Gasteiger partial charge on any atom is -0.353 e. The Morgan fingerprint density at radius 1 is 1.31 bits per heavy atom. The lowest BCUT2D eigenvalue weighted by Gasteiger charge is -2.19. The summed E-state index contributed by atoms with van der Waals surface area (Å²) >= 11 is 0. The van der Waals surface area contributed by atoms with Gasteiger partial charge in [0.2, 0.25) is 5.91 Å². The van der Waals surface area contributed by atoms with Crippen LogP contribution in [0.4, 0.5) is 0 Å². The molecule has 2 heteroatoms. The van der Waals surface area contributed by atoms with Crippen LogP contribution in [0, 0.1) is 11.8 Å². The second kappa shape index (κ2) is 3.69. The van der Waals surface area contributed by atoms with Gasteiger partial charge >= 0.3 is 0 Å². The van der Waals surface area contributed by atoms with Crippen molar-refractivity contribution in [3.63, 3.8) is 0 Å². The molecule has 2 rings (SSSR count).